The van der Waals surface area contributed by atoms with Gasteiger partial charge in [0.1, 0.15) is 0 Å². The number of hydrogen-bond acceptors (Lipinski definition) is 7. The molecule has 0 fully saturated rings. The highest BCUT2D eigenvalue weighted by Gasteiger charge is 2.20. The van der Waals surface area contributed by atoms with Crippen LogP contribution in [-0.2, 0) is 10.0 Å². The van der Waals surface area contributed by atoms with Gasteiger partial charge in [-0.3, -0.25) is 4.72 Å². The maximum absolute atomic E-state index is 13.7. The predicted molar refractivity (Wildman–Crippen MR) is 132 cm³/mol. The quantitative estimate of drug-likeness (QED) is 0.376. The van der Waals surface area contributed by atoms with E-state index >= 15 is 0 Å². The van der Waals surface area contributed by atoms with Gasteiger partial charge in [-0.15, -0.1) is 0 Å². The molecule has 0 saturated heterocycles. The van der Waals surface area contributed by atoms with E-state index in [1.54, 1.807) is 30.4 Å². The standard InChI is InChI=1S/C25H25F2NO7S/c1-31-21-12-16(7-6-15-10-23(33-3)25(35-5)24(11-15)34-4)20(14-22(21)32-2)28-36(29,30)17-8-9-18(26)19(27)13-17/h6-14,28H,1-5H3. The molecule has 0 unspecified atom stereocenters. The van der Waals surface area contributed by atoms with Crippen molar-refractivity contribution in [3.8, 4) is 28.7 Å². The first-order valence-electron chi connectivity index (χ1n) is 10.4. The van der Waals surface area contributed by atoms with Crippen molar-refractivity contribution in [3.05, 3.63) is 65.2 Å². The van der Waals surface area contributed by atoms with Gasteiger partial charge in [-0.2, -0.15) is 0 Å². The van der Waals surface area contributed by atoms with Gasteiger partial charge in [0.25, 0.3) is 10.0 Å². The number of hydrogen-bond donors (Lipinski definition) is 1. The first-order valence-corrected chi connectivity index (χ1v) is 11.9. The van der Waals surface area contributed by atoms with Crippen LogP contribution in [0.2, 0.25) is 0 Å². The van der Waals surface area contributed by atoms with E-state index in [9.17, 15) is 17.2 Å². The second kappa shape index (κ2) is 11.2. The summed E-state index contributed by atoms with van der Waals surface area (Å²) in [7, 11) is 3.04. The van der Waals surface area contributed by atoms with E-state index in [1.807, 2.05) is 0 Å². The van der Waals surface area contributed by atoms with E-state index in [-0.39, 0.29) is 11.4 Å². The summed E-state index contributed by atoms with van der Waals surface area (Å²) in [4.78, 5) is -0.448. The van der Waals surface area contributed by atoms with Crippen LogP contribution in [0.15, 0.2) is 47.4 Å². The summed E-state index contributed by atoms with van der Waals surface area (Å²) >= 11 is 0. The number of methoxy groups -OCH3 is 5. The number of ether oxygens (including phenoxy) is 5. The van der Waals surface area contributed by atoms with Crippen molar-refractivity contribution >= 4 is 27.9 Å². The minimum absolute atomic E-state index is 0.112. The number of halogens is 2. The molecule has 0 aliphatic carbocycles. The Kier molecular flexibility index (Phi) is 8.25. The zero-order chi connectivity index (χ0) is 26.5. The van der Waals surface area contributed by atoms with Crippen LogP contribution in [0.5, 0.6) is 28.7 Å². The SMILES string of the molecule is COc1cc(C=Cc2cc(OC)c(OC)c(OC)c2)c(NS(=O)(=O)c2ccc(F)c(F)c2)cc1OC. The zero-order valence-electron chi connectivity index (χ0n) is 20.2. The largest absolute Gasteiger partial charge is 0.493 e. The Morgan fingerprint density at radius 1 is 0.694 bits per heavy atom. The summed E-state index contributed by atoms with van der Waals surface area (Å²) in [5, 5.41) is 0. The van der Waals surface area contributed by atoms with Crippen molar-refractivity contribution in [3.63, 3.8) is 0 Å². The fourth-order valence-corrected chi connectivity index (χ4v) is 4.44. The predicted octanol–water partition coefficient (Wildman–Crippen LogP) is 4.98. The van der Waals surface area contributed by atoms with Crippen LogP contribution < -0.4 is 28.4 Å². The highest BCUT2D eigenvalue weighted by Crippen LogP contribution is 2.39. The molecule has 0 aliphatic rings. The van der Waals surface area contributed by atoms with E-state index in [4.69, 9.17) is 23.7 Å². The average Bonchev–Trinajstić information content (AvgIpc) is 2.88. The lowest BCUT2D eigenvalue weighted by atomic mass is 10.1. The second-order valence-corrected chi connectivity index (χ2v) is 8.95. The van der Waals surface area contributed by atoms with Crippen molar-refractivity contribution in [2.75, 3.05) is 40.3 Å². The first kappa shape index (κ1) is 26.6. The minimum Gasteiger partial charge on any atom is -0.493 e. The Morgan fingerprint density at radius 3 is 1.81 bits per heavy atom. The molecule has 192 valence electrons. The molecule has 11 heteroatoms. The third-order valence-corrected chi connectivity index (χ3v) is 6.51. The number of sulfonamides is 1. The van der Waals surface area contributed by atoms with Gasteiger partial charge in [-0.25, -0.2) is 17.2 Å². The van der Waals surface area contributed by atoms with Crippen molar-refractivity contribution in [2.45, 2.75) is 4.90 Å². The van der Waals surface area contributed by atoms with Gasteiger partial charge >= 0.3 is 0 Å². The smallest absolute Gasteiger partial charge is 0.262 e. The Morgan fingerprint density at radius 2 is 1.28 bits per heavy atom. The Bertz CT molecular complexity index is 1370. The lowest BCUT2D eigenvalue weighted by Gasteiger charge is -2.15. The van der Waals surface area contributed by atoms with Crippen molar-refractivity contribution < 1.29 is 40.9 Å². The van der Waals surface area contributed by atoms with Crippen LogP contribution >= 0.6 is 0 Å². The van der Waals surface area contributed by atoms with E-state index < -0.39 is 26.6 Å². The zero-order valence-corrected chi connectivity index (χ0v) is 21.0. The molecule has 0 amide bonds. The van der Waals surface area contributed by atoms with Gasteiger partial charge in [0, 0.05) is 11.6 Å². The van der Waals surface area contributed by atoms with Gasteiger partial charge in [0.2, 0.25) is 5.75 Å². The number of nitrogens with one attached hydrogen (secondary N) is 1. The Labute approximate surface area is 208 Å². The number of anilines is 1. The monoisotopic (exact) mass is 521 g/mol. The number of rotatable bonds is 10. The summed E-state index contributed by atoms with van der Waals surface area (Å²) in [6.07, 6.45) is 3.33. The molecule has 3 aromatic carbocycles. The highest BCUT2D eigenvalue weighted by atomic mass is 32.2. The number of benzene rings is 3. The summed E-state index contributed by atoms with van der Waals surface area (Å²) in [6, 6.07) is 8.72. The average molecular weight is 522 g/mol. The van der Waals surface area contributed by atoms with Crippen LogP contribution in [0.25, 0.3) is 12.2 Å². The van der Waals surface area contributed by atoms with E-state index in [0.29, 0.717) is 40.2 Å². The molecule has 0 bridgehead atoms. The van der Waals surface area contributed by atoms with E-state index in [0.717, 1.165) is 12.1 Å². The molecule has 3 aromatic rings. The van der Waals surface area contributed by atoms with Crippen LogP contribution in [0.1, 0.15) is 11.1 Å². The Balaban J connectivity index is 2.09. The van der Waals surface area contributed by atoms with Gasteiger partial charge in [-0.1, -0.05) is 12.2 Å². The lowest BCUT2D eigenvalue weighted by molar-refractivity contribution is 0.324. The van der Waals surface area contributed by atoms with Crippen LogP contribution in [0.3, 0.4) is 0 Å². The fraction of sp³-hybridized carbons (Fsp3) is 0.200. The molecular formula is C25H25F2NO7S. The topological polar surface area (TPSA) is 92.3 Å². The van der Waals surface area contributed by atoms with Gasteiger partial charge < -0.3 is 23.7 Å². The van der Waals surface area contributed by atoms with Crippen molar-refractivity contribution in [2.24, 2.45) is 0 Å². The molecule has 1 N–H and O–H groups in total. The molecule has 0 aromatic heterocycles. The van der Waals surface area contributed by atoms with Crippen LogP contribution in [-0.4, -0.2) is 44.0 Å². The molecular weight excluding hydrogens is 496 g/mol. The molecule has 0 atom stereocenters. The maximum Gasteiger partial charge on any atom is 0.262 e. The van der Waals surface area contributed by atoms with E-state index in [1.165, 1.54) is 41.6 Å². The summed E-state index contributed by atoms with van der Waals surface area (Å²) in [5.41, 5.74) is 1.17. The molecule has 0 saturated carbocycles. The fourth-order valence-electron chi connectivity index (χ4n) is 3.35. The second-order valence-electron chi connectivity index (χ2n) is 7.27. The Hall–Kier alpha value is -3.99. The summed E-state index contributed by atoms with van der Waals surface area (Å²) in [6.45, 7) is 0. The van der Waals surface area contributed by atoms with Gasteiger partial charge in [0.05, 0.1) is 46.1 Å². The molecule has 3 rings (SSSR count). The molecule has 0 heterocycles. The molecule has 36 heavy (non-hydrogen) atoms. The van der Waals surface area contributed by atoms with E-state index in [2.05, 4.69) is 4.72 Å². The lowest BCUT2D eigenvalue weighted by Crippen LogP contribution is -2.14. The van der Waals surface area contributed by atoms with Gasteiger partial charge in [0.15, 0.2) is 34.6 Å². The highest BCUT2D eigenvalue weighted by molar-refractivity contribution is 7.92. The minimum atomic E-state index is -4.28. The first-order chi connectivity index (χ1) is 17.2. The van der Waals surface area contributed by atoms with Crippen LogP contribution in [0, 0.1) is 11.6 Å². The maximum atomic E-state index is 13.7. The third-order valence-electron chi connectivity index (χ3n) is 5.14. The van der Waals surface area contributed by atoms with Crippen molar-refractivity contribution in [1.82, 2.24) is 0 Å². The van der Waals surface area contributed by atoms with Crippen molar-refractivity contribution in [1.29, 1.82) is 0 Å². The molecule has 8 nitrogen and oxygen atoms in total. The summed E-state index contributed by atoms with van der Waals surface area (Å²) < 4.78 is 82.0. The molecule has 0 radical (unpaired) electrons. The van der Waals surface area contributed by atoms with Gasteiger partial charge in [-0.05, 0) is 42.0 Å². The van der Waals surface area contributed by atoms with Crippen LogP contribution in [0.4, 0.5) is 14.5 Å². The normalized spacial score (nSPS) is 11.3. The molecule has 0 spiro atoms. The summed E-state index contributed by atoms with van der Waals surface area (Å²) in [5.74, 6) is -0.556. The third kappa shape index (κ3) is 5.62. The molecule has 0 aliphatic heterocycles.